The van der Waals surface area contributed by atoms with E-state index < -0.39 is 5.97 Å². The molecule has 6 heteroatoms. The minimum atomic E-state index is -0.587. The van der Waals surface area contributed by atoms with Gasteiger partial charge in [-0.15, -0.1) is 0 Å². The van der Waals surface area contributed by atoms with Crippen molar-refractivity contribution in [2.24, 2.45) is 0 Å². The number of aromatic hydroxyl groups is 1. The lowest BCUT2D eigenvalue weighted by atomic mass is 10.1. The van der Waals surface area contributed by atoms with E-state index in [9.17, 15) is 14.7 Å². The van der Waals surface area contributed by atoms with Crippen molar-refractivity contribution in [2.45, 2.75) is 20.5 Å². The van der Waals surface area contributed by atoms with Crippen molar-refractivity contribution in [1.82, 2.24) is 9.38 Å². The van der Waals surface area contributed by atoms with Gasteiger partial charge in [0, 0.05) is 12.3 Å². The number of nitrogens with zero attached hydrogens (tertiary/aromatic N) is 2. The van der Waals surface area contributed by atoms with Crippen LogP contribution in [0, 0.1) is 13.8 Å². The number of ether oxygens (including phenoxy) is 1. The van der Waals surface area contributed by atoms with Gasteiger partial charge in [-0.05, 0) is 43.2 Å². The lowest BCUT2D eigenvalue weighted by Crippen LogP contribution is -2.17. The Balaban J connectivity index is 1.80. The number of rotatable bonds is 3. The third-order valence-corrected chi connectivity index (χ3v) is 3.66. The summed E-state index contributed by atoms with van der Waals surface area (Å²) in [5.74, 6) is -0.557. The first-order chi connectivity index (χ1) is 11.4. The Kier molecular flexibility index (Phi) is 4.04. The van der Waals surface area contributed by atoms with Gasteiger partial charge in [-0.3, -0.25) is 9.20 Å². The van der Waals surface area contributed by atoms with Crippen LogP contribution in [0.1, 0.15) is 27.2 Å². The maximum Gasteiger partial charge on any atom is 0.338 e. The molecule has 0 atom stereocenters. The summed E-state index contributed by atoms with van der Waals surface area (Å²) >= 11 is 0. The molecule has 3 rings (SSSR count). The Morgan fingerprint density at radius 2 is 2.00 bits per heavy atom. The van der Waals surface area contributed by atoms with Gasteiger partial charge in [-0.2, -0.15) is 0 Å². The summed E-state index contributed by atoms with van der Waals surface area (Å²) in [5.41, 5.74) is 2.49. The summed E-state index contributed by atoms with van der Waals surface area (Å²) < 4.78 is 6.62. The summed E-state index contributed by atoms with van der Waals surface area (Å²) in [7, 11) is 0. The minimum Gasteiger partial charge on any atom is -0.508 e. The molecule has 6 nitrogen and oxygen atoms in total. The highest BCUT2D eigenvalue weighted by molar-refractivity contribution is 5.90. The van der Waals surface area contributed by atoms with Crippen LogP contribution in [0.2, 0.25) is 0 Å². The summed E-state index contributed by atoms with van der Waals surface area (Å²) in [4.78, 5) is 28.4. The summed E-state index contributed by atoms with van der Waals surface area (Å²) in [6, 6.07) is 9.49. The standard InChI is InChI=1S/C18H16N2O4/c1-11-3-6-16-19-14(8-17(22)20(16)9-11)10-24-18(23)13-5-4-12(2)15(21)7-13/h3-9,21H,10H2,1-2H3. The number of fused-ring (bicyclic) bond motifs is 1. The fraction of sp³-hybridized carbons (Fsp3) is 0.167. The summed E-state index contributed by atoms with van der Waals surface area (Å²) in [5, 5.41) is 9.65. The number of carbonyl (C=O) groups excluding carboxylic acids is 1. The lowest BCUT2D eigenvalue weighted by Gasteiger charge is -2.07. The molecule has 2 heterocycles. The van der Waals surface area contributed by atoms with Crippen LogP contribution in [0.4, 0.5) is 0 Å². The molecule has 122 valence electrons. The Morgan fingerprint density at radius 3 is 2.75 bits per heavy atom. The molecule has 24 heavy (non-hydrogen) atoms. The maximum absolute atomic E-state index is 12.1. The molecule has 0 spiro atoms. The Morgan fingerprint density at radius 1 is 1.21 bits per heavy atom. The van der Waals surface area contributed by atoms with Crippen molar-refractivity contribution >= 4 is 11.6 Å². The van der Waals surface area contributed by atoms with Crippen LogP contribution in [0.25, 0.3) is 5.65 Å². The van der Waals surface area contributed by atoms with E-state index in [1.165, 1.54) is 16.5 Å². The van der Waals surface area contributed by atoms with Gasteiger partial charge in [0.1, 0.15) is 18.0 Å². The highest BCUT2D eigenvalue weighted by Crippen LogP contribution is 2.18. The average molecular weight is 324 g/mol. The number of hydrogen-bond acceptors (Lipinski definition) is 5. The Hall–Kier alpha value is -3.15. The lowest BCUT2D eigenvalue weighted by molar-refractivity contribution is 0.0467. The molecule has 0 radical (unpaired) electrons. The van der Waals surface area contributed by atoms with Crippen LogP contribution in [0.3, 0.4) is 0 Å². The first-order valence-electron chi connectivity index (χ1n) is 7.40. The zero-order valence-electron chi connectivity index (χ0n) is 13.3. The molecule has 0 saturated heterocycles. The molecule has 0 amide bonds. The molecule has 0 aliphatic carbocycles. The third-order valence-electron chi connectivity index (χ3n) is 3.66. The number of aryl methyl sites for hydroxylation is 2. The molecule has 0 aliphatic heterocycles. The van der Waals surface area contributed by atoms with Crippen LogP contribution in [0.5, 0.6) is 5.75 Å². The number of esters is 1. The van der Waals surface area contributed by atoms with E-state index in [4.69, 9.17) is 4.74 Å². The van der Waals surface area contributed by atoms with Crippen LogP contribution in [0.15, 0.2) is 47.4 Å². The monoisotopic (exact) mass is 324 g/mol. The fourth-order valence-corrected chi connectivity index (χ4v) is 2.29. The highest BCUT2D eigenvalue weighted by atomic mass is 16.5. The summed E-state index contributed by atoms with van der Waals surface area (Å²) in [6.07, 6.45) is 1.70. The van der Waals surface area contributed by atoms with Gasteiger partial charge in [-0.1, -0.05) is 12.1 Å². The molecular weight excluding hydrogens is 308 g/mol. The number of phenols is 1. The molecule has 1 N–H and O–H groups in total. The second-order valence-corrected chi connectivity index (χ2v) is 5.60. The van der Waals surface area contributed by atoms with Crippen molar-refractivity contribution < 1.29 is 14.6 Å². The predicted molar refractivity (Wildman–Crippen MR) is 88.2 cm³/mol. The fourth-order valence-electron chi connectivity index (χ4n) is 2.29. The molecule has 0 fully saturated rings. The Labute approximate surface area is 138 Å². The number of carbonyl (C=O) groups is 1. The molecule has 0 unspecified atom stereocenters. The van der Waals surface area contributed by atoms with Gasteiger partial charge in [0.15, 0.2) is 0 Å². The average Bonchev–Trinajstić information content (AvgIpc) is 2.56. The molecule has 1 aromatic carbocycles. The Bertz CT molecular complexity index is 992. The number of hydrogen-bond donors (Lipinski definition) is 1. The number of pyridine rings is 1. The van der Waals surface area contributed by atoms with Crippen LogP contribution < -0.4 is 5.56 Å². The molecule has 0 saturated carbocycles. The van der Waals surface area contributed by atoms with Crippen molar-refractivity contribution in [3.63, 3.8) is 0 Å². The topological polar surface area (TPSA) is 80.9 Å². The van der Waals surface area contributed by atoms with Gasteiger partial charge in [0.05, 0.1) is 11.3 Å². The molecule has 3 aromatic rings. The normalized spacial score (nSPS) is 10.8. The van der Waals surface area contributed by atoms with E-state index in [-0.39, 0.29) is 23.5 Å². The zero-order valence-corrected chi connectivity index (χ0v) is 13.3. The second-order valence-electron chi connectivity index (χ2n) is 5.60. The predicted octanol–water partition coefficient (Wildman–Crippen LogP) is 2.37. The van der Waals surface area contributed by atoms with Gasteiger partial charge in [0.25, 0.3) is 5.56 Å². The van der Waals surface area contributed by atoms with Gasteiger partial charge >= 0.3 is 5.97 Å². The maximum atomic E-state index is 12.1. The van der Waals surface area contributed by atoms with Crippen LogP contribution in [-0.4, -0.2) is 20.5 Å². The second kappa shape index (κ2) is 6.16. The number of phenolic OH excluding ortho intramolecular Hbond substituents is 1. The van der Waals surface area contributed by atoms with E-state index in [1.54, 1.807) is 31.3 Å². The van der Waals surface area contributed by atoms with Gasteiger partial charge in [0.2, 0.25) is 0 Å². The van der Waals surface area contributed by atoms with Crippen molar-refractivity contribution in [3.05, 3.63) is 75.3 Å². The third kappa shape index (κ3) is 3.12. The van der Waals surface area contributed by atoms with Crippen LogP contribution in [-0.2, 0) is 11.3 Å². The first kappa shape index (κ1) is 15.7. The van der Waals surface area contributed by atoms with Gasteiger partial charge < -0.3 is 9.84 Å². The molecular formula is C18H16N2O4. The SMILES string of the molecule is Cc1ccc2nc(COC(=O)c3ccc(C)c(O)c3)cc(=O)n2c1. The van der Waals surface area contributed by atoms with E-state index in [1.807, 2.05) is 13.0 Å². The largest absolute Gasteiger partial charge is 0.508 e. The summed E-state index contributed by atoms with van der Waals surface area (Å²) in [6.45, 7) is 3.50. The van der Waals surface area contributed by atoms with Crippen molar-refractivity contribution in [3.8, 4) is 5.75 Å². The minimum absolute atomic E-state index is 0.0295. The van der Waals surface area contributed by atoms with Crippen LogP contribution >= 0.6 is 0 Å². The molecule has 0 bridgehead atoms. The quantitative estimate of drug-likeness (QED) is 0.748. The van der Waals surface area contributed by atoms with E-state index in [2.05, 4.69) is 4.98 Å². The van der Waals surface area contributed by atoms with E-state index in [0.717, 1.165) is 5.56 Å². The van der Waals surface area contributed by atoms with E-state index >= 15 is 0 Å². The van der Waals surface area contributed by atoms with Crippen molar-refractivity contribution in [2.75, 3.05) is 0 Å². The smallest absolute Gasteiger partial charge is 0.338 e. The molecule has 2 aromatic heterocycles. The van der Waals surface area contributed by atoms with Crippen molar-refractivity contribution in [1.29, 1.82) is 0 Å². The zero-order chi connectivity index (χ0) is 17.3. The first-order valence-corrected chi connectivity index (χ1v) is 7.40. The highest BCUT2D eigenvalue weighted by Gasteiger charge is 2.11. The number of aromatic nitrogens is 2. The van der Waals surface area contributed by atoms with Gasteiger partial charge in [-0.25, -0.2) is 9.78 Å². The number of benzene rings is 1. The molecule has 0 aliphatic rings. The van der Waals surface area contributed by atoms with E-state index in [0.29, 0.717) is 16.9 Å².